The molecule has 2 aromatic heterocycles. The Hall–Kier alpha value is -3.03. The number of rotatable bonds is 4. The molecule has 4 rings (SSSR count). The average Bonchev–Trinajstić information content (AvgIpc) is 3.29. The van der Waals surface area contributed by atoms with Gasteiger partial charge in [0.1, 0.15) is 5.71 Å². The fourth-order valence-electron chi connectivity index (χ4n) is 3.21. The molecular weight excluding hydrogens is 332 g/mol. The first-order valence-electron chi connectivity index (χ1n) is 8.59. The van der Waals surface area contributed by atoms with Crippen LogP contribution in [0, 0.1) is 6.92 Å². The molecule has 1 amide bonds. The molecule has 8 heteroatoms. The van der Waals surface area contributed by atoms with Crippen LogP contribution >= 0.6 is 0 Å². The standard InChI is InChI=1S/C18H20N6O2/c1-13-8-21-17(22-9-13)24-6-4-18(12-24)7-15(23-26-18)16(25)20-11-14-3-2-5-19-10-14/h2-3,5,8-10H,4,6-7,11-12H2,1H3,(H,20,25)/t18-/m0/s1. The van der Waals surface area contributed by atoms with Crippen LogP contribution in [0.4, 0.5) is 5.95 Å². The minimum atomic E-state index is -0.463. The van der Waals surface area contributed by atoms with Gasteiger partial charge in [-0.2, -0.15) is 0 Å². The van der Waals surface area contributed by atoms with E-state index in [2.05, 4.69) is 30.3 Å². The van der Waals surface area contributed by atoms with Crippen molar-refractivity contribution in [2.24, 2.45) is 5.16 Å². The average molecular weight is 352 g/mol. The van der Waals surface area contributed by atoms with Crippen LogP contribution in [0.5, 0.6) is 0 Å². The summed E-state index contributed by atoms with van der Waals surface area (Å²) in [6.07, 6.45) is 8.31. The molecule has 1 fully saturated rings. The summed E-state index contributed by atoms with van der Waals surface area (Å²) in [5, 5.41) is 6.92. The highest BCUT2D eigenvalue weighted by molar-refractivity contribution is 6.39. The predicted octanol–water partition coefficient (Wildman–Crippen LogP) is 1.22. The van der Waals surface area contributed by atoms with E-state index in [0.29, 0.717) is 31.2 Å². The lowest BCUT2D eigenvalue weighted by Crippen LogP contribution is -2.37. The molecule has 0 unspecified atom stereocenters. The van der Waals surface area contributed by atoms with Crippen molar-refractivity contribution in [3.05, 3.63) is 48.0 Å². The van der Waals surface area contributed by atoms with E-state index in [1.54, 1.807) is 24.8 Å². The topological polar surface area (TPSA) is 92.6 Å². The van der Waals surface area contributed by atoms with E-state index in [-0.39, 0.29) is 5.91 Å². The number of aryl methyl sites for hydroxylation is 1. The van der Waals surface area contributed by atoms with Crippen LogP contribution in [-0.2, 0) is 16.2 Å². The van der Waals surface area contributed by atoms with Gasteiger partial charge in [-0.15, -0.1) is 0 Å². The summed E-state index contributed by atoms with van der Waals surface area (Å²) < 4.78 is 0. The van der Waals surface area contributed by atoms with E-state index < -0.39 is 5.60 Å². The highest BCUT2D eigenvalue weighted by Crippen LogP contribution is 2.35. The van der Waals surface area contributed by atoms with Gasteiger partial charge < -0.3 is 15.1 Å². The normalized spacial score (nSPS) is 21.6. The van der Waals surface area contributed by atoms with Gasteiger partial charge in [-0.25, -0.2) is 9.97 Å². The number of anilines is 1. The Bertz CT molecular complexity index is 823. The molecule has 134 valence electrons. The van der Waals surface area contributed by atoms with Gasteiger partial charge in [-0.05, 0) is 24.1 Å². The number of nitrogens with one attached hydrogen (secondary N) is 1. The van der Waals surface area contributed by atoms with Crippen LogP contribution in [0.25, 0.3) is 0 Å². The first kappa shape index (κ1) is 16.4. The molecule has 0 bridgehead atoms. The third-order valence-electron chi connectivity index (χ3n) is 4.64. The largest absolute Gasteiger partial charge is 0.386 e. The molecule has 1 atom stereocenters. The smallest absolute Gasteiger partial charge is 0.269 e. The number of oxime groups is 1. The molecule has 1 N–H and O–H groups in total. The van der Waals surface area contributed by atoms with Gasteiger partial charge in [-0.1, -0.05) is 11.2 Å². The van der Waals surface area contributed by atoms with E-state index in [4.69, 9.17) is 4.84 Å². The molecule has 0 radical (unpaired) electrons. The van der Waals surface area contributed by atoms with Crippen LogP contribution in [-0.4, -0.2) is 45.3 Å². The quantitative estimate of drug-likeness (QED) is 0.889. The van der Waals surface area contributed by atoms with Crippen molar-refractivity contribution in [1.29, 1.82) is 0 Å². The van der Waals surface area contributed by atoms with Crippen molar-refractivity contribution in [3.63, 3.8) is 0 Å². The van der Waals surface area contributed by atoms with Crippen LogP contribution in [0.15, 0.2) is 42.1 Å². The summed E-state index contributed by atoms with van der Waals surface area (Å²) in [6, 6.07) is 3.76. The first-order chi connectivity index (χ1) is 12.6. The van der Waals surface area contributed by atoms with E-state index in [1.807, 2.05) is 19.1 Å². The monoisotopic (exact) mass is 352 g/mol. The van der Waals surface area contributed by atoms with E-state index in [9.17, 15) is 4.79 Å². The summed E-state index contributed by atoms with van der Waals surface area (Å²) in [7, 11) is 0. The lowest BCUT2D eigenvalue weighted by atomic mass is 9.96. The molecule has 2 aromatic rings. The van der Waals surface area contributed by atoms with Gasteiger partial charge >= 0.3 is 0 Å². The van der Waals surface area contributed by atoms with Gasteiger partial charge in [0.05, 0.1) is 6.54 Å². The molecule has 4 heterocycles. The molecule has 0 aromatic carbocycles. The molecule has 26 heavy (non-hydrogen) atoms. The first-order valence-corrected chi connectivity index (χ1v) is 8.59. The zero-order valence-corrected chi connectivity index (χ0v) is 14.6. The van der Waals surface area contributed by atoms with Crippen molar-refractivity contribution < 1.29 is 9.63 Å². The summed E-state index contributed by atoms with van der Waals surface area (Å²) in [4.78, 5) is 32.9. The second kappa shape index (κ2) is 6.70. The fraction of sp³-hybridized carbons (Fsp3) is 0.389. The summed E-state index contributed by atoms with van der Waals surface area (Å²) in [5.74, 6) is 0.487. The van der Waals surface area contributed by atoms with Crippen LogP contribution in [0.3, 0.4) is 0 Å². The highest BCUT2D eigenvalue weighted by Gasteiger charge is 2.47. The zero-order chi connectivity index (χ0) is 18.0. The highest BCUT2D eigenvalue weighted by atomic mass is 16.7. The summed E-state index contributed by atoms with van der Waals surface area (Å²) in [5.41, 5.74) is 1.93. The minimum Gasteiger partial charge on any atom is -0.386 e. The van der Waals surface area contributed by atoms with Crippen LogP contribution in [0.1, 0.15) is 24.0 Å². The molecule has 0 saturated carbocycles. The SMILES string of the molecule is Cc1cnc(N2CC[C@]3(CC(C(=O)NCc4cccnc4)=NO3)C2)nc1. The van der Waals surface area contributed by atoms with E-state index in [1.165, 1.54) is 0 Å². The maximum absolute atomic E-state index is 12.4. The maximum atomic E-state index is 12.4. The molecule has 1 saturated heterocycles. The number of carbonyl (C=O) groups excluding carboxylic acids is 1. The zero-order valence-electron chi connectivity index (χ0n) is 14.6. The van der Waals surface area contributed by atoms with Gasteiger partial charge in [0.2, 0.25) is 5.95 Å². The van der Waals surface area contributed by atoms with Gasteiger partial charge in [0.15, 0.2) is 5.60 Å². The van der Waals surface area contributed by atoms with Crippen molar-refractivity contribution in [2.45, 2.75) is 31.9 Å². The second-order valence-electron chi connectivity index (χ2n) is 6.76. The lowest BCUT2D eigenvalue weighted by molar-refractivity contribution is -0.115. The number of carbonyl (C=O) groups is 1. The third kappa shape index (κ3) is 3.35. The maximum Gasteiger partial charge on any atom is 0.269 e. The molecule has 2 aliphatic heterocycles. The van der Waals surface area contributed by atoms with Gasteiger partial charge in [0, 0.05) is 50.7 Å². The number of hydrogen-bond donors (Lipinski definition) is 1. The molecule has 0 aliphatic carbocycles. The third-order valence-corrected chi connectivity index (χ3v) is 4.64. The van der Waals surface area contributed by atoms with Crippen molar-refractivity contribution in [3.8, 4) is 0 Å². The Morgan fingerprint density at radius 2 is 2.19 bits per heavy atom. The Morgan fingerprint density at radius 3 is 2.96 bits per heavy atom. The summed E-state index contributed by atoms with van der Waals surface area (Å²) in [6.45, 7) is 3.78. The second-order valence-corrected chi connectivity index (χ2v) is 6.76. The lowest BCUT2D eigenvalue weighted by Gasteiger charge is -2.21. The van der Waals surface area contributed by atoms with E-state index in [0.717, 1.165) is 24.1 Å². The van der Waals surface area contributed by atoms with Gasteiger partial charge in [-0.3, -0.25) is 9.78 Å². The molecule has 2 aliphatic rings. The van der Waals surface area contributed by atoms with Crippen molar-refractivity contribution >= 4 is 17.6 Å². The molecule has 1 spiro atoms. The van der Waals surface area contributed by atoms with Crippen molar-refractivity contribution in [2.75, 3.05) is 18.0 Å². The Balaban J connectivity index is 1.34. The molecule has 8 nitrogen and oxygen atoms in total. The van der Waals surface area contributed by atoms with Crippen LogP contribution in [0.2, 0.25) is 0 Å². The predicted molar refractivity (Wildman–Crippen MR) is 95.6 cm³/mol. The van der Waals surface area contributed by atoms with Crippen LogP contribution < -0.4 is 10.2 Å². The number of hydrogen-bond acceptors (Lipinski definition) is 7. The minimum absolute atomic E-state index is 0.198. The fourth-order valence-corrected chi connectivity index (χ4v) is 3.21. The number of amides is 1. The Morgan fingerprint density at radius 1 is 1.35 bits per heavy atom. The Labute approximate surface area is 151 Å². The number of pyridine rings is 1. The van der Waals surface area contributed by atoms with E-state index >= 15 is 0 Å². The number of aromatic nitrogens is 3. The summed E-state index contributed by atoms with van der Waals surface area (Å²) >= 11 is 0. The number of nitrogens with zero attached hydrogens (tertiary/aromatic N) is 5. The van der Waals surface area contributed by atoms with Gasteiger partial charge in [0.25, 0.3) is 5.91 Å². The molecular formula is C18H20N6O2. The van der Waals surface area contributed by atoms with Crippen molar-refractivity contribution in [1.82, 2.24) is 20.3 Å². The Kier molecular flexibility index (Phi) is 4.24.